The Bertz CT molecular complexity index is 721. The normalized spacial score (nSPS) is 14.7. The predicted molar refractivity (Wildman–Crippen MR) is 107 cm³/mol. The van der Waals surface area contributed by atoms with E-state index in [1.807, 2.05) is 18.3 Å². The van der Waals surface area contributed by atoms with Gasteiger partial charge in [0.15, 0.2) is 0 Å². The summed E-state index contributed by atoms with van der Waals surface area (Å²) < 4.78 is 7.19. The fourth-order valence-corrected chi connectivity index (χ4v) is 3.95. The second-order valence-electron chi connectivity index (χ2n) is 6.37. The molecule has 148 valence electrons. The first kappa shape index (κ1) is 19.8. The number of hydrogen-bond donors (Lipinski definition) is 1. The Morgan fingerprint density at radius 2 is 2.00 bits per heavy atom. The standard InChI is InChI=1S/C18H28N6O2S/c1-3-22(4-2)9-6-8-19-16(25)15-7-5-10-24(15)18-21-20-17(27-18)23-11-13-26-14-12-23/h5,7,10H,3-4,6,8-9,11-14H2,1-2H3,(H,19,25). The van der Waals surface area contributed by atoms with E-state index in [0.29, 0.717) is 30.6 Å². The first-order valence-electron chi connectivity index (χ1n) is 9.57. The molecule has 27 heavy (non-hydrogen) atoms. The monoisotopic (exact) mass is 392 g/mol. The van der Waals surface area contributed by atoms with Gasteiger partial charge in [0.2, 0.25) is 10.3 Å². The summed E-state index contributed by atoms with van der Waals surface area (Å²) in [5, 5.41) is 13.2. The van der Waals surface area contributed by atoms with Crippen LogP contribution in [-0.4, -0.2) is 78.1 Å². The molecular formula is C18H28N6O2S. The van der Waals surface area contributed by atoms with Gasteiger partial charge in [0.25, 0.3) is 5.91 Å². The van der Waals surface area contributed by atoms with E-state index in [0.717, 1.165) is 44.3 Å². The molecule has 0 spiro atoms. The first-order valence-corrected chi connectivity index (χ1v) is 10.4. The zero-order chi connectivity index (χ0) is 19.1. The smallest absolute Gasteiger partial charge is 0.268 e. The molecule has 1 fully saturated rings. The van der Waals surface area contributed by atoms with Crippen LogP contribution in [0.15, 0.2) is 18.3 Å². The number of hydrogen-bond acceptors (Lipinski definition) is 7. The van der Waals surface area contributed by atoms with Crippen LogP contribution >= 0.6 is 11.3 Å². The zero-order valence-electron chi connectivity index (χ0n) is 16.1. The van der Waals surface area contributed by atoms with Crippen molar-refractivity contribution in [2.24, 2.45) is 0 Å². The van der Waals surface area contributed by atoms with Crippen molar-refractivity contribution in [3.05, 3.63) is 24.0 Å². The van der Waals surface area contributed by atoms with Gasteiger partial charge in [0, 0.05) is 25.8 Å². The molecule has 1 saturated heterocycles. The van der Waals surface area contributed by atoms with Gasteiger partial charge in [-0.2, -0.15) is 0 Å². The fraction of sp³-hybridized carbons (Fsp3) is 0.611. The largest absolute Gasteiger partial charge is 0.378 e. The van der Waals surface area contributed by atoms with Gasteiger partial charge in [-0.25, -0.2) is 0 Å². The van der Waals surface area contributed by atoms with E-state index in [1.165, 1.54) is 11.3 Å². The molecule has 1 N–H and O–H groups in total. The Balaban J connectivity index is 1.58. The first-order chi connectivity index (χ1) is 13.2. The van der Waals surface area contributed by atoms with Crippen LogP contribution in [0.25, 0.3) is 5.13 Å². The number of ether oxygens (including phenoxy) is 1. The maximum Gasteiger partial charge on any atom is 0.268 e. The van der Waals surface area contributed by atoms with Gasteiger partial charge in [0.05, 0.1) is 13.2 Å². The number of morpholine rings is 1. The Morgan fingerprint density at radius 3 is 2.74 bits per heavy atom. The summed E-state index contributed by atoms with van der Waals surface area (Å²) in [6.45, 7) is 11.1. The van der Waals surface area contributed by atoms with Crippen LogP contribution < -0.4 is 10.2 Å². The minimum Gasteiger partial charge on any atom is -0.378 e. The fourth-order valence-electron chi connectivity index (χ4n) is 3.06. The van der Waals surface area contributed by atoms with Gasteiger partial charge < -0.3 is 19.9 Å². The molecule has 3 heterocycles. The molecule has 8 nitrogen and oxygen atoms in total. The van der Waals surface area contributed by atoms with Crippen molar-refractivity contribution in [2.75, 3.05) is 57.4 Å². The summed E-state index contributed by atoms with van der Waals surface area (Å²) in [5.41, 5.74) is 0.586. The van der Waals surface area contributed by atoms with Crippen molar-refractivity contribution in [1.29, 1.82) is 0 Å². The number of carbonyl (C=O) groups excluding carboxylic acids is 1. The van der Waals surface area contributed by atoms with Crippen LogP contribution in [0.5, 0.6) is 0 Å². The molecule has 0 aromatic carbocycles. The minimum atomic E-state index is -0.0809. The van der Waals surface area contributed by atoms with E-state index in [-0.39, 0.29) is 5.91 Å². The van der Waals surface area contributed by atoms with Crippen LogP contribution in [0, 0.1) is 0 Å². The maximum absolute atomic E-state index is 12.6. The van der Waals surface area contributed by atoms with Gasteiger partial charge in [-0.05, 0) is 38.2 Å². The van der Waals surface area contributed by atoms with E-state index in [4.69, 9.17) is 4.74 Å². The molecule has 0 radical (unpaired) electrons. The van der Waals surface area contributed by atoms with Crippen LogP contribution in [-0.2, 0) is 4.74 Å². The lowest BCUT2D eigenvalue weighted by atomic mass is 10.3. The second kappa shape index (κ2) is 9.82. The highest BCUT2D eigenvalue weighted by Gasteiger charge is 2.19. The van der Waals surface area contributed by atoms with Crippen LogP contribution in [0.2, 0.25) is 0 Å². The second-order valence-corrected chi connectivity index (χ2v) is 7.30. The van der Waals surface area contributed by atoms with Crippen LogP contribution in [0.3, 0.4) is 0 Å². The van der Waals surface area contributed by atoms with Gasteiger partial charge in [-0.1, -0.05) is 25.2 Å². The zero-order valence-corrected chi connectivity index (χ0v) is 16.9. The molecule has 3 rings (SSSR count). The lowest BCUT2D eigenvalue weighted by Crippen LogP contribution is -2.36. The van der Waals surface area contributed by atoms with Gasteiger partial charge in [-0.3, -0.25) is 9.36 Å². The Morgan fingerprint density at radius 1 is 1.26 bits per heavy atom. The molecule has 1 aliphatic rings. The molecule has 2 aromatic rings. The number of rotatable bonds is 9. The quantitative estimate of drug-likeness (QED) is 0.654. The Hall–Kier alpha value is -1.97. The Kier molecular flexibility index (Phi) is 7.19. The summed E-state index contributed by atoms with van der Waals surface area (Å²) >= 11 is 1.49. The number of carbonyl (C=O) groups is 1. The predicted octanol–water partition coefficient (Wildman–Crippen LogP) is 1.63. The van der Waals surface area contributed by atoms with E-state index in [2.05, 4.69) is 39.2 Å². The molecule has 1 aliphatic heterocycles. The molecule has 1 amide bonds. The van der Waals surface area contributed by atoms with Crippen molar-refractivity contribution < 1.29 is 9.53 Å². The molecule has 0 unspecified atom stereocenters. The summed E-state index contributed by atoms with van der Waals surface area (Å²) in [6, 6.07) is 3.68. The average molecular weight is 393 g/mol. The topological polar surface area (TPSA) is 75.5 Å². The molecular weight excluding hydrogens is 364 g/mol. The summed E-state index contributed by atoms with van der Waals surface area (Å²) in [5.74, 6) is -0.0809. The van der Waals surface area contributed by atoms with Crippen molar-refractivity contribution in [2.45, 2.75) is 20.3 Å². The highest BCUT2D eigenvalue weighted by molar-refractivity contribution is 7.17. The van der Waals surface area contributed by atoms with Crippen molar-refractivity contribution in [3.63, 3.8) is 0 Å². The number of anilines is 1. The van der Waals surface area contributed by atoms with Crippen molar-refractivity contribution in [1.82, 2.24) is 25.0 Å². The number of amides is 1. The third-order valence-electron chi connectivity index (χ3n) is 4.70. The van der Waals surface area contributed by atoms with Gasteiger partial charge in [-0.15, -0.1) is 10.2 Å². The number of aromatic nitrogens is 3. The number of nitrogens with one attached hydrogen (secondary N) is 1. The molecule has 0 aliphatic carbocycles. The molecule has 0 saturated carbocycles. The van der Waals surface area contributed by atoms with E-state index < -0.39 is 0 Å². The third-order valence-corrected chi connectivity index (χ3v) is 5.69. The summed E-state index contributed by atoms with van der Waals surface area (Å²) in [6.07, 6.45) is 2.79. The van der Waals surface area contributed by atoms with Gasteiger partial charge in [0.1, 0.15) is 5.69 Å². The molecule has 9 heteroatoms. The third kappa shape index (κ3) is 5.06. The van der Waals surface area contributed by atoms with Gasteiger partial charge >= 0.3 is 0 Å². The molecule has 0 atom stereocenters. The highest BCUT2D eigenvalue weighted by atomic mass is 32.1. The lowest BCUT2D eigenvalue weighted by Gasteiger charge is -2.25. The van der Waals surface area contributed by atoms with Crippen LogP contribution in [0.1, 0.15) is 30.8 Å². The SMILES string of the molecule is CCN(CC)CCCNC(=O)c1cccn1-c1nnc(N2CCOCC2)s1. The Labute approximate surface area is 164 Å². The summed E-state index contributed by atoms with van der Waals surface area (Å²) in [7, 11) is 0. The molecule has 2 aromatic heterocycles. The van der Waals surface area contributed by atoms with Crippen molar-refractivity contribution >= 4 is 22.4 Å². The lowest BCUT2D eigenvalue weighted by molar-refractivity contribution is 0.0945. The van der Waals surface area contributed by atoms with E-state index >= 15 is 0 Å². The average Bonchev–Trinajstić information content (AvgIpc) is 3.38. The highest BCUT2D eigenvalue weighted by Crippen LogP contribution is 2.25. The number of nitrogens with zero attached hydrogens (tertiary/aromatic N) is 5. The van der Waals surface area contributed by atoms with E-state index in [1.54, 1.807) is 4.57 Å². The molecule has 0 bridgehead atoms. The maximum atomic E-state index is 12.6. The van der Waals surface area contributed by atoms with Crippen molar-refractivity contribution in [3.8, 4) is 5.13 Å². The van der Waals surface area contributed by atoms with E-state index in [9.17, 15) is 4.79 Å². The summed E-state index contributed by atoms with van der Waals surface area (Å²) in [4.78, 5) is 17.1. The minimum absolute atomic E-state index is 0.0809. The van der Waals surface area contributed by atoms with Crippen LogP contribution in [0.4, 0.5) is 5.13 Å².